The van der Waals surface area contributed by atoms with Crippen molar-refractivity contribution < 1.29 is 4.74 Å². The number of benzene rings is 2. The van der Waals surface area contributed by atoms with Crippen LogP contribution in [0.3, 0.4) is 0 Å². The summed E-state index contributed by atoms with van der Waals surface area (Å²) in [5.41, 5.74) is 1.71. The monoisotopic (exact) mass is 337 g/mol. The Morgan fingerprint density at radius 1 is 1.12 bits per heavy atom. The van der Waals surface area contributed by atoms with Crippen LogP contribution >= 0.6 is 11.3 Å². The molecule has 2 aromatic carbocycles. The molecule has 0 aliphatic rings. The Morgan fingerprint density at radius 2 is 1.88 bits per heavy atom. The van der Waals surface area contributed by atoms with Gasteiger partial charge in [0.1, 0.15) is 11.9 Å². The van der Waals surface area contributed by atoms with Gasteiger partial charge in [-0.1, -0.05) is 41.2 Å². The topological polar surface area (TPSA) is 56.5 Å². The summed E-state index contributed by atoms with van der Waals surface area (Å²) in [6.45, 7) is 3.95. The molecule has 5 nitrogen and oxygen atoms in total. The number of rotatable bonds is 3. The molecule has 2 heterocycles. The molecule has 0 aliphatic heterocycles. The van der Waals surface area contributed by atoms with Crippen LogP contribution in [0.2, 0.25) is 0 Å². The van der Waals surface area contributed by atoms with Gasteiger partial charge in [0.2, 0.25) is 4.96 Å². The highest BCUT2D eigenvalue weighted by molar-refractivity contribution is 7.16. The first kappa shape index (κ1) is 14.8. The summed E-state index contributed by atoms with van der Waals surface area (Å²) in [6.07, 6.45) is -0.262. The van der Waals surface area contributed by atoms with Gasteiger partial charge in [-0.3, -0.25) is 4.79 Å². The molecular weight excluding hydrogens is 322 g/mol. The fourth-order valence-corrected chi connectivity index (χ4v) is 3.38. The van der Waals surface area contributed by atoms with E-state index in [0.717, 1.165) is 10.8 Å². The predicted molar refractivity (Wildman–Crippen MR) is 94.9 cm³/mol. The molecule has 0 amide bonds. The molecule has 0 aliphatic carbocycles. The molecular formula is C18H15N3O2S. The van der Waals surface area contributed by atoms with Crippen molar-refractivity contribution in [1.82, 2.24) is 14.6 Å². The minimum absolute atomic E-state index is 0.152. The Hall–Kier alpha value is -2.73. The largest absolute Gasteiger partial charge is 0.483 e. The van der Waals surface area contributed by atoms with Gasteiger partial charge in [0, 0.05) is 0 Å². The zero-order valence-electron chi connectivity index (χ0n) is 13.3. The standard InChI is InChI=1S/C18H15N3O2S/c1-11-7-9-13(10-8-11)23-12(2)16-20-21-17(22)14-5-3-4-6-15(14)19-18(21)24-16/h3-10,12H,1-2H3/t12-/m0/s1. The van der Waals surface area contributed by atoms with Gasteiger partial charge in [-0.15, -0.1) is 0 Å². The Labute approximate surface area is 142 Å². The van der Waals surface area contributed by atoms with Crippen molar-refractivity contribution in [1.29, 1.82) is 0 Å². The molecule has 4 rings (SSSR count). The number of para-hydroxylation sites is 1. The van der Waals surface area contributed by atoms with Crippen LogP contribution in [0, 0.1) is 6.92 Å². The average Bonchev–Trinajstić information content (AvgIpc) is 3.02. The van der Waals surface area contributed by atoms with Gasteiger partial charge < -0.3 is 4.74 Å². The third-order valence-corrected chi connectivity index (χ3v) is 4.87. The fraction of sp³-hybridized carbons (Fsp3) is 0.167. The minimum atomic E-state index is -0.262. The molecule has 0 radical (unpaired) electrons. The van der Waals surface area contributed by atoms with E-state index in [-0.39, 0.29) is 11.7 Å². The molecule has 4 aromatic rings. The second-order valence-electron chi connectivity index (χ2n) is 5.64. The number of hydrogen-bond acceptors (Lipinski definition) is 5. The quantitative estimate of drug-likeness (QED) is 0.571. The minimum Gasteiger partial charge on any atom is -0.483 e. The molecule has 0 saturated heterocycles. The number of aromatic nitrogens is 3. The summed E-state index contributed by atoms with van der Waals surface area (Å²) >= 11 is 1.37. The first-order valence-corrected chi connectivity index (χ1v) is 8.45. The smallest absolute Gasteiger partial charge is 0.283 e. The van der Waals surface area contributed by atoms with Crippen molar-refractivity contribution in [3.63, 3.8) is 0 Å². The van der Waals surface area contributed by atoms with Gasteiger partial charge in [-0.05, 0) is 38.1 Å². The summed E-state index contributed by atoms with van der Waals surface area (Å²) in [5, 5.41) is 5.70. The van der Waals surface area contributed by atoms with E-state index in [9.17, 15) is 4.79 Å². The molecule has 0 bridgehead atoms. The van der Waals surface area contributed by atoms with Crippen LogP contribution in [-0.4, -0.2) is 14.6 Å². The van der Waals surface area contributed by atoms with E-state index in [4.69, 9.17) is 4.74 Å². The van der Waals surface area contributed by atoms with Crippen LogP contribution in [0.1, 0.15) is 23.6 Å². The number of fused-ring (bicyclic) bond motifs is 2. The summed E-state index contributed by atoms with van der Waals surface area (Å²) in [5.74, 6) is 0.776. The molecule has 0 saturated carbocycles. The van der Waals surface area contributed by atoms with Gasteiger partial charge >= 0.3 is 0 Å². The molecule has 2 aromatic heterocycles. The summed E-state index contributed by atoms with van der Waals surface area (Å²) < 4.78 is 7.29. The Bertz CT molecular complexity index is 1080. The highest BCUT2D eigenvalue weighted by Crippen LogP contribution is 2.25. The average molecular weight is 337 g/mol. The van der Waals surface area contributed by atoms with E-state index in [0.29, 0.717) is 15.9 Å². The van der Waals surface area contributed by atoms with Gasteiger partial charge in [-0.2, -0.15) is 9.61 Å². The zero-order chi connectivity index (χ0) is 16.7. The normalized spacial score (nSPS) is 12.6. The van der Waals surface area contributed by atoms with E-state index >= 15 is 0 Å². The van der Waals surface area contributed by atoms with Gasteiger partial charge in [0.25, 0.3) is 5.56 Å². The predicted octanol–water partition coefficient (Wildman–Crippen LogP) is 3.75. The number of aryl methyl sites for hydroxylation is 1. The van der Waals surface area contributed by atoms with E-state index < -0.39 is 0 Å². The van der Waals surface area contributed by atoms with Crippen LogP contribution in [0.25, 0.3) is 15.9 Å². The number of hydrogen-bond donors (Lipinski definition) is 0. The number of nitrogens with zero attached hydrogens (tertiary/aromatic N) is 3. The maximum absolute atomic E-state index is 12.5. The molecule has 24 heavy (non-hydrogen) atoms. The second kappa shape index (κ2) is 5.72. The maximum atomic E-state index is 12.5. The second-order valence-corrected chi connectivity index (χ2v) is 6.63. The molecule has 120 valence electrons. The van der Waals surface area contributed by atoms with E-state index in [1.165, 1.54) is 21.4 Å². The van der Waals surface area contributed by atoms with Crippen molar-refractivity contribution >= 4 is 27.2 Å². The van der Waals surface area contributed by atoms with Crippen molar-refractivity contribution in [3.05, 3.63) is 69.5 Å². The van der Waals surface area contributed by atoms with E-state index in [2.05, 4.69) is 10.1 Å². The van der Waals surface area contributed by atoms with Gasteiger partial charge in [-0.25, -0.2) is 4.98 Å². The Morgan fingerprint density at radius 3 is 2.67 bits per heavy atom. The maximum Gasteiger partial charge on any atom is 0.283 e. The lowest BCUT2D eigenvalue weighted by Crippen LogP contribution is -2.15. The van der Waals surface area contributed by atoms with Gasteiger partial charge in [0.15, 0.2) is 5.01 Å². The van der Waals surface area contributed by atoms with Crippen molar-refractivity contribution in [3.8, 4) is 5.75 Å². The number of ether oxygens (including phenoxy) is 1. The van der Waals surface area contributed by atoms with E-state index in [1.54, 1.807) is 6.07 Å². The molecule has 0 fully saturated rings. The first-order chi connectivity index (χ1) is 11.6. The van der Waals surface area contributed by atoms with Crippen LogP contribution < -0.4 is 10.3 Å². The highest BCUT2D eigenvalue weighted by atomic mass is 32.1. The first-order valence-electron chi connectivity index (χ1n) is 7.63. The Kier molecular flexibility index (Phi) is 3.54. The van der Waals surface area contributed by atoms with Crippen molar-refractivity contribution in [2.75, 3.05) is 0 Å². The van der Waals surface area contributed by atoms with Crippen LogP contribution in [0.5, 0.6) is 5.75 Å². The van der Waals surface area contributed by atoms with Crippen molar-refractivity contribution in [2.24, 2.45) is 0 Å². The van der Waals surface area contributed by atoms with E-state index in [1.807, 2.05) is 56.3 Å². The molecule has 0 unspecified atom stereocenters. The summed E-state index contributed by atoms with van der Waals surface area (Å²) in [4.78, 5) is 17.6. The molecule has 1 atom stereocenters. The lowest BCUT2D eigenvalue weighted by molar-refractivity contribution is 0.225. The third kappa shape index (κ3) is 2.55. The molecule has 0 N–H and O–H groups in total. The summed E-state index contributed by atoms with van der Waals surface area (Å²) in [7, 11) is 0. The lowest BCUT2D eigenvalue weighted by atomic mass is 10.2. The molecule has 6 heteroatoms. The SMILES string of the molecule is Cc1ccc(O[C@@H](C)c2nn3c(=O)c4ccccc4nc3s2)cc1. The van der Waals surface area contributed by atoms with Crippen LogP contribution in [-0.2, 0) is 0 Å². The van der Waals surface area contributed by atoms with Crippen LogP contribution in [0.15, 0.2) is 53.3 Å². The fourth-order valence-electron chi connectivity index (χ4n) is 2.51. The third-order valence-electron chi connectivity index (χ3n) is 3.80. The van der Waals surface area contributed by atoms with Crippen LogP contribution in [0.4, 0.5) is 0 Å². The summed E-state index contributed by atoms with van der Waals surface area (Å²) in [6, 6.07) is 15.2. The van der Waals surface area contributed by atoms with Crippen molar-refractivity contribution in [2.45, 2.75) is 20.0 Å². The lowest BCUT2D eigenvalue weighted by Gasteiger charge is -2.11. The highest BCUT2D eigenvalue weighted by Gasteiger charge is 2.16. The van der Waals surface area contributed by atoms with Gasteiger partial charge in [0.05, 0.1) is 10.9 Å². The molecule has 0 spiro atoms. The zero-order valence-corrected chi connectivity index (χ0v) is 14.1. The Balaban J connectivity index is 1.74.